The first-order valence-corrected chi connectivity index (χ1v) is 9.44. The van der Waals surface area contributed by atoms with Crippen molar-refractivity contribution in [1.82, 2.24) is 10.6 Å². The predicted octanol–water partition coefficient (Wildman–Crippen LogP) is 4.22. The Morgan fingerprint density at radius 3 is 2.56 bits per heavy atom. The fraction of sp³-hybridized carbons (Fsp3) is 0.100. The summed E-state index contributed by atoms with van der Waals surface area (Å²) in [5.74, 6) is -0.280. The van der Waals surface area contributed by atoms with E-state index >= 15 is 0 Å². The van der Waals surface area contributed by atoms with Crippen molar-refractivity contribution in [3.8, 4) is 10.4 Å². The molecule has 27 heavy (non-hydrogen) atoms. The van der Waals surface area contributed by atoms with Crippen molar-refractivity contribution in [2.45, 2.75) is 0 Å². The van der Waals surface area contributed by atoms with Gasteiger partial charge < -0.3 is 15.1 Å². The molecule has 0 aliphatic carbocycles. The Kier molecular flexibility index (Phi) is 6.46. The van der Waals surface area contributed by atoms with E-state index in [9.17, 15) is 9.59 Å². The van der Waals surface area contributed by atoms with E-state index in [0.717, 1.165) is 15.3 Å². The molecule has 5 nitrogen and oxygen atoms in total. The summed E-state index contributed by atoms with van der Waals surface area (Å²) < 4.78 is 4.98. The van der Waals surface area contributed by atoms with Crippen LogP contribution in [0.3, 0.4) is 0 Å². The number of carbonyl (C=O) groups is 2. The maximum atomic E-state index is 11.9. The fourth-order valence-corrected chi connectivity index (χ4v) is 3.33. The first-order chi connectivity index (χ1) is 13.1. The molecular weight excluding hydrogens is 384 g/mol. The molecule has 0 saturated heterocycles. The van der Waals surface area contributed by atoms with Crippen LogP contribution in [0.4, 0.5) is 0 Å². The lowest BCUT2D eigenvalue weighted by Gasteiger charge is -2.03. The van der Waals surface area contributed by atoms with Crippen LogP contribution in [0.2, 0.25) is 5.02 Å². The van der Waals surface area contributed by atoms with Gasteiger partial charge in [-0.25, -0.2) is 0 Å². The lowest BCUT2D eigenvalue weighted by Crippen LogP contribution is -2.33. The fourth-order valence-electron chi connectivity index (χ4n) is 2.29. The number of rotatable bonds is 7. The Bertz CT molecular complexity index is 931. The van der Waals surface area contributed by atoms with Gasteiger partial charge in [-0.15, -0.1) is 11.3 Å². The zero-order valence-corrected chi connectivity index (χ0v) is 15.8. The summed E-state index contributed by atoms with van der Waals surface area (Å²) in [6.45, 7) is 0.648. The van der Waals surface area contributed by atoms with Crippen molar-refractivity contribution >= 4 is 40.8 Å². The van der Waals surface area contributed by atoms with Gasteiger partial charge >= 0.3 is 0 Å². The SMILES string of the molecule is O=C(/C=C/c1ccc(-c2ccc(Cl)cc2)s1)NCCNC(=O)c1ccco1. The molecule has 3 aromatic rings. The van der Waals surface area contributed by atoms with E-state index in [0.29, 0.717) is 18.1 Å². The Morgan fingerprint density at radius 2 is 1.81 bits per heavy atom. The second-order valence-corrected chi connectivity index (χ2v) is 7.12. The Balaban J connectivity index is 1.43. The molecule has 7 heteroatoms. The van der Waals surface area contributed by atoms with Crippen molar-refractivity contribution in [2.24, 2.45) is 0 Å². The zero-order chi connectivity index (χ0) is 19.1. The second kappa shape index (κ2) is 9.21. The zero-order valence-electron chi connectivity index (χ0n) is 14.3. The van der Waals surface area contributed by atoms with Gasteiger partial charge in [0.15, 0.2) is 5.76 Å². The number of nitrogens with one attached hydrogen (secondary N) is 2. The largest absolute Gasteiger partial charge is 0.459 e. The molecular formula is C20H17ClN2O3S. The van der Waals surface area contributed by atoms with E-state index < -0.39 is 0 Å². The van der Waals surface area contributed by atoms with Crippen LogP contribution < -0.4 is 10.6 Å². The van der Waals surface area contributed by atoms with Gasteiger partial charge in [-0.2, -0.15) is 0 Å². The number of halogens is 1. The molecule has 0 spiro atoms. The van der Waals surface area contributed by atoms with E-state index in [2.05, 4.69) is 10.6 Å². The van der Waals surface area contributed by atoms with Crippen LogP contribution in [0.25, 0.3) is 16.5 Å². The summed E-state index contributed by atoms with van der Waals surface area (Å²) in [5.41, 5.74) is 1.08. The van der Waals surface area contributed by atoms with Crippen LogP contribution in [0.5, 0.6) is 0 Å². The number of hydrogen-bond acceptors (Lipinski definition) is 4. The molecule has 138 valence electrons. The highest BCUT2D eigenvalue weighted by molar-refractivity contribution is 7.16. The number of carbonyl (C=O) groups excluding carboxylic acids is 2. The number of furan rings is 1. The molecule has 2 amide bonds. The average molecular weight is 401 g/mol. The highest BCUT2D eigenvalue weighted by Gasteiger charge is 2.07. The second-order valence-electron chi connectivity index (χ2n) is 5.57. The van der Waals surface area contributed by atoms with Crippen LogP contribution in [0.1, 0.15) is 15.4 Å². The summed E-state index contributed by atoms with van der Waals surface area (Å²) in [6, 6.07) is 14.8. The van der Waals surface area contributed by atoms with Crippen molar-refractivity contribution in [1.29, 1.82) is 0 Å². The highest BCUT2D eigenvalue weighted by Crippen LogP contribution is 2.29. The van der Waals surface area contributed by atoms with Crippen LogP contribution >= 0.6 is 22.9 Å². The molecule has 2 N–H and O–H groups in total. The molecule has 0 fully saturated rings. The van der Waals surface area contributed by atoms with E-state index in [-0.39, 0.29) is 17.6 Å². The molecule has 0 aliphatic rings. The molecule has 0 radical (unpaired) electrons. The minimum atomic E-state index is -0.307. The van der Waals surface area contributed by atoms with Crippen LogP contribution in [-0.4, -0.2) is 24.9 Å². The van der Waals surface area contributed by atoms with E-state index in [1.165, 1.54) is 12.3 Å². The topological polar surface area (TPSA) is 71.3 Å². The molecule has 2 aromatic heterocycles. The first kappa shape index (κ1) is 18.9. The number of thiophene rings is 1. The Labute approximate surface area is 165 Å². The summed E-state index contributed by atoms with van der Waals surface area (Å²) in [7, 11) is 0. The molecule has 0 bridgehead atoms. The molecule has 0 atom stereocenters. The van der Waals surface area contributed by atoms with Gasteiger partial charge in [0.1, 0.15) is 0 Å². The molecule has 3 rings (SSSR count). The van der Waals surface area contributed by atoms with Gasteiger partial charge in [-0.1, -0.05) is 23.7 Å². The van der Waals surface area contributed by atoms with Crippen molar-refractivity contribution in [3.05, 3.63) is 76.5 Å². The van der Waals surface area contributed by atoms with Gasteiger partial charge in [0.05, 0.1) is 6.26 Å². The number of benzene rings is 1. The summed E-state index contributed by atoms with van der Waals surface area (Å²) in [6.07, 6.45) is 4.68. The van der Waals surface area contributed by atoms with Crippen molar-refractivity contribution in [3.63, 3.8) is 0 Å². The van der Waals surface area contributed by atoms with Crippen LogP contribution in [0.15, 0.2) is 65.3 Å². The maximum absolute atomic E-state index is 11.9. The molecule has 0 saturated carbocycles. The standard InChI is InChI=1S/C20H17ClN2O3S/c21-15-5-3-14(4-6-15)18-9-7-16(27-18)8-10-19(24)22-11-12-23-20(25)17-2-1-13-26-17/h1-10,13H,11-12H2,(H,22,24)(H,23,25)/b10-8+. The summed E-state index contributed by atoms with van der Waals surface area (Å²) in [4.78, 5) is 25.6. The maximum Gasteiger partial charge on any atom is 0.287 e. The molecule has 1 aromatic carbocycles. The highest BCUT2D eigenvalue weighted by atomic mass is 35.5. The monoisotopic (exact) mass is 400 g/mol. The number of amides is 2. The summed E-state index contributed by atoms with van der Waals surface area (Å²) in [5, 5.41) is 6.08. The smallest absolute Gasteiger partial charge is 0.287 e. The average Bonchev–Trinajstić information content (AvgIpc) is 3.36. The minimum Gasteiger partial charge on any atom is -0.459 e. The molecule has 2 heterocycles. The van der Waals surface area contributed by atoms with E-state index in [1.54, 1.807) is 29.5 Å². The quantitative estimate of drug-likeness (QED) is 0.460. The van der Waals surface area contributed by atoms with Crippen LogP contribution in [0, 0.1) is 0 Å². The first-order valence-electron chi connectivity index (χ1n) is 8.25. The van der Waals surface area contributed by atoms with Crippen LogP contribution in [-0.2, 0) is 4.79 Å². The van der Waals surface area contributed by atoms with E-state index in [4.69, 9.17) is 16.0 Å². The van der Waals surface area contributed by atoms with Gasteiger partial charge in [0.25, 0.3) is 5.91 Å². The summed E-state index contributed by atoms with van der Waals surface area (Å²) >= 11 is 7.49. The Morgan fingerprint density at radius 1 is 1.04 bits per heavy atom. The van der Waals surface area contributed by atoms with Gasteiger partial charge in [0, 0.05) is 33.9 Å². The van der Waals surface area contributed by atoms with Gasteiger partial charge in [-0.05, 0) is 48.0 Å². The van der Waals surface area contributed by atoms with Gasteiger partial charge in [0.2, 0.25) is 5.91 Å². The third-order valence-electron chi connectivity index (χ3n) is 3.61. The van der Waals surface area contributed by atoms with Gasteiger partial charge in [-0.3, -0.25) is 9.59 Å². The molecule has 0 unspecified atom stereocenters. The third-order valence-corrected chi connectivity index (χ3v) is 4.96. The normalized spacial score (nSPS) is 10.9. The molecule has 0 aliphatic heterocycles. The minimum absolute atomic E-state index is 0.219. The van der Waals surface area contributed by atoms with Crippen molar-refractivity contribution < 1.29 is 14.0 Å². The lowest BCUT2D eigenvalue weighted by molar-refractivity contribution is -0.116. The lowest BCUT2D eigenvalue weighted by atomic mass is 10.2. The van der Waals surface area contributed by atoms with Crippen molar-refractivity contribution in [2.75, 3.05) is 13.1 Å². The predicted molar refractivity (Wildman–Crippen MR) is 108 cm³/mol. The van der Waals surface area contributed by atoms with E-state index in [1.807, 2.05) is 36.4 Å². The third kappa shape index (κ3) is 5.57. The number of hydrogen-bond donors (Lipinski definition) is 2. The Hall–Kier alpha value is -2.83.